The molecule has 0 bridgehead atoms. The van der Waals surface area contributed by atoms with Crippen LogP contribution in [0.15, 0.2) is 41.1 Å². The fraction of sp³-hybridized carbons (Fsp3) is 0.556. The number of carbonyl (C=O) groups is 1. The van der Waals surface area contributed by atoms with E-state index in [1.54, 1.807) is 20.1 Å². The second-order valence-electron chi connectivity index (χ2n) is 6.39. The fourth-order valence-corrected chi connectivity index (χ4v) is 3.03. The number of ether oxygens (including phenoxy) is 2. The van der Waals surface area contributed by atoms with Crippen molar-refractivity contribution in [2.75, 3.05) is 13.7 Å². The Morgan fingerprint density at radius 1 is 1.55 bits per heavy atom. The summed E-state index contributed by atoms with van der Waals surface area (Å²) in [5.74, 6) is 1.52. The number of allylic oxidation sites excluding steroid dienone is 4. The van der Waals surface area contributed by atoms with Gasteiger partial charge in [-0.15, -0.1) is 6.58 Å². The summed E-state index contributed by atoms with van der Waals surface area (Å²) in [5.41, 5.74) is 0.124. The van der Waals surface area contributed by atoms with Gasteiger partial charge in [-0.05, 0) is 31.9 Å². The third-order valence-electron chi connectivity index (χ3n) is 4.76. The van der Waals surface area contributed by atoms with E-state index in [0.29, 0.717) is 24.2 Å². The van der Waals surface area contributed by atoms with Gasteiger partial charge < -0.3 is 9.47 Å². The number of aliphatic imine (C=N–C) groups is 1. The van der Waals surface area contributed by atoms with Gasteiger partial charge in [0.2, 0.25) is 5.90 Å². The second kappa shape index (κ2) is 6.11. The summed E-state index contributed by atoms with van der Waals surface area (Å²) in [6.07, 6.45) is 5.55. The first-order valence-electron chi connectivity index (χ1n) is 7.67. The van der Waals surface area contributed by atoms with Gasteiger partial charge in [-0.1, -0.05) is 19.9 Å². The zero-order chi connectivity index (χ0) is 16.5. The predicted octanol–water partition coefficient (Wildman–Crippen LogP) is 3.31. The zero-order valence-corrected chi connectivity index (χ0v) is 14.1. The van der Waals surface area contributed by atoms with Crippen LogP contribution < -0.4 is 0 Å². The first kappa shape index (κ1) is 16.5. The Balaban J connectivity index is 2.46. The maximum Gasteiger partial charge on any atom is 0.213 e. The molecule has 0 saturated carbocycles. The number of carbonyl (C=O) groups excluding carboxylic acids is 1. The molecule has 0 amide bonds. The van der Waals surface area contributed by atoms with Crippen LogP contribution in [0.4, 0.5) is 0 Å². The molecule has 0 unspecified atom stereocenters. The number of ketones is 1. The highest BCUT2D eigenvalue weighted by atomic mass is 16.5. The van der Waals surface area contributed by atoms with Crippen LogP contribution in [0.25, 0.3) is 0 Å². The first-order chi connectivity index (χ1) is 10.4. The molecule has 22 heavy (non-hydrogen) atoms. The standard InChI is InChI=1S/C18H25NO3/c1-7-14-13(17-19-15(10-22-17)11(2)3)8-9-16(21-6)18(14,5)12(4)20/h7-9,11,14-15H,1,10H2,2-6H3/t14-,15-,18-/m0/s1. The predicted molar refractivity (Wildman–Crippen MR) is 87.7 cm³/mol. The van der Waals surface area contributed by atoms with Crippen molar-refractivity contribution in [1.82, 2.24) is 0 Å². The Kier molecular flexibility index (Phi) is 4.59. The van der Waals surface area contributed by atoms with Crippen LogP contribution in [0.3, 0.4) is 0 Å². The minimum Gasteiger partial charge on any atom is -0.500 e. The Hall–Kier alpha value is -1.84. The van der Waals surface area contributed by atoms with Gasteiger partial charge in [0.15, 0.2) is 0 Å². The molecule has 3 atom stereocenters. The van der Waals surface area contributed by atoms with E-state index in [2.05, 4.69) is 25.4 Å². The van der Waals surface area contributed by atoms with Gasteiger partial charge in [-0.25, -0.2) is 4.99 Å². The largest absolute Gasteiger partial charge is 0.500 e. The molecular weight excluding hydrogens is 278 g/mol. The molecule has 0 aromatic carbocycles. The molecule has 4 nitrogen and oxygen atoms in total. The van der Waals surface area contributed by atoms with E-state index in [-0.39, 0.29) is 17.7 Å². The molecule has 0 spiro atoms. The highest BCUT2D eigenvalue weighted by molar-refractivity contribution is 5.99. The van der Waals surface area contributed by atoms with E-state index in [1.807, 2.05) is 19.1 Å². The molecule has 0 saturated heterocycles. The number of nitrogens with zero attached hydrogens (tertiary/aromatic N) is 1. The van der Waals surface area contributed by atoms with Crippen molar-refractivity contribution in [2.45, 2.75) is 33.7 Å². The lowest BCUT2D eigenvalue weighted by molar-refractivity contribution is -0.126. The molecule has 0 aromatic heterocycles. The average molecular weight is 303 g/mol. The molecule has 0 aromatic rings. The molecule has 120 valence electrons. The number of methoxy groups -OCH3 is 1. The van der Waals surface area contributed by atoms with Gasteiger partial charge in [0.1, 0.15) is 18.1 Å². The summed E-state index contributed by atoms with van der Waals surface area (Å²) in [4.78, 5) is 17.0. The molecule has 1 aliphatic carbocycles. The van der Waals surface area contributed by atoms with Crippen molar-refractivity contribution in [1.29, 1.82) is 0 Å². The summed E-state index contributed by atoms with van der Waals surface area (Å²) < 4.78 is 11.2. The summed E-state index contributed by atoms with van der Waals surface area (Å²) in [6.45, 7) is 12.2. The number of hydrogen-bond donors (Lipinski definition) is 0. The molecule has 1 aliphatic heterocycles. The topological polar surface area (TPSA) is 47.9 Å². The minimum absolute atomic E-state index is 0.0371. The van der Waals surface area contributed by atoms with Gasteiger partial charge in [0, 0.05) is 11.5 Å². The van der Waals surface area contributed by atoms with Crippen molar-refractivity contribution in [3.8, 4) is 0 Å². The van der Waals surface area contributed by atoms with Crippen molar-refractivity contribution in [3.63, 3.8) is 0 Å². The molecule has 0 radical (unpaired) electrons. The Morgan fingerprint density at radius 3 is 2.68 bits per heavy atom. The van der Waals surface area contributed by atoms with Crippen LogP contribution in [-0.4, -0.2) is 31.4 Å². The van der Waals surface area contributed by atoms with E-state index < -0.39 is 5.41 Å². The van der Waals surface area contributed by atoms with Crippen LogP contribution >= 0.6 is 0 Å². The van der Waals surface area contributed by atoms with Gasteiger partial charge >= 0.3 is 0 Å². The molecule has 0 N–H and O–H groups in total. The van der Waals surface area contributed by atoms with Crippen molar-refractivity contribution in [2.24, 2.45) is 22.2 Å². The molecule has 1 heterocycles. The number of rotatable bonds is 5. The molecule has 2 rings (SSSR count). The van der Waals surface area contributed by atoms with Crippen LogP contribution in [0.1, 0.15) is 27.7 Å². The van der Waals surface area contributed by atoms with E-state index in [4.69, 9.17) is 9.47 Å². The molecule has 2 aliphatic rings. The Labute approximate surface area is 132 Å². The Morgan fingerprint density at radius 2 is 2.23 bits per heavy atom. The van der Waals surface area contributed by atoms with Crippen molar-refractivity contribution < 1.29 is 14.3 Å². The van der Waals surface area contributed by atoms with Crippen LogP contribution in [0, 0.1) is 17.3 Å². The summed E-state index contributed by atoms with van der Waals surface area (Å²) in [6, 6.07) is 0.165. The number of Topliss-reactive ketones (excluding diaryl/α,β-unsaturated/α-hetero) is 1. The molecule has 0 fully saturated rings. The lowest BCUT2D eigenvalue weighted by Crippen LogP contribution is -2.40. The third-order valence-corrected chi connectivity index (χ3v) is 4.76. The highest BCUT2D eigenvalue weighted by Gasteiger charge is 2.47. The summed E-state index contributed by atoms with van der Waals surface area (Å²) >= 11 is 0. The maximum atomic E-state index is 12.3. The monoisotopic (exact) mass is 303 g/mol. The second-order valence-corrected chi connectivity index (χ2v) is 6.39. The van der Waals surface area contributed by atoms with Crippen molar-refractivity contribution >= 4 is 11.7 Å². The number of hydrogen-bond acceptors (Lipinski definition) is 4. The van der Waals surface area contributed by atoms with Gasteiger partial charge in [0.05, 0.1) is 18.6 Å². The normalized spacial score (nSPS) is 31.1. The summed E-state index contributed by atoms with van der Waals surface area (Å²) in [7, 11) is 1.59. The third kappa shape index (κ3) is 2.51. The maximum absolute atomic E-state index is 12.3. The Bertz CT molecular complexity index is 571. The fourth-order valence-electron chi connectivity index (χ4n) is 3.03. The van der Waals surface area contributed by atoms with E-state index in [0.717, 1.165) is 5.57 Å². The summed E-state index contributed by atoms with van der Waals surface area (Å²) in [5, 5.41) is 0. The lowest BCUT2D eigenvalue weighted by Gasteiger charge is -2.38. The molecule has 4 heteroatoms. The lowest BCUT2D eigenvalue weighted by atomic mass is 9.66. The first-order valence-corrected chi connectivity index (χ1v) is 7.67. The highest BCUT2D eigenvalue weighted by Crippen LogP contribution is 2.45. The smallest absolute Gasteiger partial charge is 0.213 e. The average Bonchev–Trinajstić information content (AvgIpc) is 2.96. The van der Waals surface area contributed by atoms with E-state index >= 15 is 0 Å². The van der Waals surface area contributed by atoms with E-state index in [1.165, 1.54) is 0 Å². The van der Waals surface area contributed by atoms with Crippen LogP contribution in [0.2, 0.25) is 0 Å². The molecular formula is C18H25NO3. The van der Waals surface area contributed by atoms with Crippen molar-refractivity contribution in [3.05, 3.63) is 36.1 Å². The van der Waals surface area contributed by atoms with Crippen LogP contribution in [0.5, 0.6) is 0 Å². The van der Waals surface area contributed by atoms with Gasteiger partial charge in [-0.3, -0.25) is 4.79 Å². The SMILES string of the molecule is C=C[C@H]1C(C2=N[C@H](C(C)C)CO2)=CC=C(OC)[C@@]1(C)C(C)=O. The van der Waals surface area contributed by atoms with Gasteiger partial charge in [-0.2, -0.15) is 0 Å². The quantitative estimate of drug-likeness (QED) is 0.732. The van der Waals surface area contributed by atoms with Gasteiger partial charge in [0.25, 0.3) is 0 Å². The van der Waals surface area contributed by atoms with E-state index in [9.17, 15) is 4.79 Å². The zero-order valence-electron chi connectivity index (χ0n) is 14.1. The minimum atomic E-state index is -0.775. The van der Waals surface area contributed by atoms with Crippen LogP contribution in [-0.2, 0) is 14.3 Å².